The normalized spacial score (nSPS) is 14.6. The summed E-state index contributed by atoms with van der Waals surface area (Å²) in [5.41, 5.74) is 3.59. The number of hydrogen-bond donors (Lipinski definition) is 1. The zero-order valence-electron chi connectivity index (χ0n) is 15.1. The average molecular weight is 349 g/mol. The molecule has 0 unspecified atom stereocenters. The van der Waals surface area contributed by atoms with Gasteiger partial charge >= 0.3 is 0 Å². The van der Waals surface area contributed by atoms with E-state index in [0.29, 0.717) is 24.1 Å². The Hall–Kier alpha value is -2.73. The molecule has 0 radical (unpaired) electrons. The molecule has 6 nitrogen and oxygen atoms in total. The Bertz CT molecular complexity index is 958. The van der Waals surface area contributed by atoms with E-state index in [4.69, 9.17) is 0 Å². The molecule has 1 aliphatic heterocycles. The highest BCUT2D eigenvalue weighted by molar-refractivity contribution is 5.49. The fraction of sp³-hybridized carbons (Fsp3) is 0.350. The van der Waals surface area contributed by atoms with E-state index in [-0.39, 0.29) is 5.56 Å². The van der Waals surface area contributed by atoms with Gasteiger partial charge in [0, 0.05) is 50.2 Å². The van der Waals surface area contributed by atoms with Gasteiger partial charge in [-0.1, -0.05) is 6.07 Å². The van der Waals surface area contributed by atoms with Crippen molar-refractivity contribution in [2.75, 3.05) is 6.54 Å². The minimum atomic E-state index is -0.0559. The second-order valence-corrected chi connectivity index (χ2v) is 7.02. The first kappa shape index (κ1) is 16.7. The first-order chi connectivity index (χ1) is 12.6. The molecule has 1 aliphatic rings. The van der Waals surface area contributed by atoms with Gasteiger partial charge in [-0.05, 0) is 38.1 Å². The van der Waals surface area contributed by atoms with Gasteiger partial charge in [0.2, 0.25) is 0 Å². The highest BCUT2D eigenvalue weighted by atomic mass is 16.1. The number of H-pyrrole nitrogens is 1. The molecule has 0 amide bonds. The molecule has 1 N–H and O–H groups in total. The largest absolute Gasteiger partial charge is 0.348 e. The molecule has 0 aliphatic carbocycles. The van der Waals surface area contributed by atoms with Crippen molar-refractivity contribution in [3.05, 3.63) is 70.0 Å². The van der Waals surface area contributed by atoms with E-state index >= 15 is 0 Å². The van der Waals surface area contributed by atoms with Crippen LogP contribution in [0.1, 0.15) is 36.8 Å². The van der Waals surface area contributed by atoms with Crippen LogP contribution in [0, 0.1) is 0 Å². The number of pyridine rings is 1. The Morgan fingerprint density at radius 2 is 2.12 bits per heavy atom. The Balaban J connectivity index is 1.58. The van der Waals surface area contributed by atoms with E-state index in [9.17, 15) is 4.79 Å². The van der Waals surface area contributed by atoms with Gasteiger partial charge in [-0.15, -0.1) is 0 Å². The second kappa shape index (κ2) is 6.88. The zero-order valence-corrected chi connectivity index (χ0v) is 15.1. The molecule has 0 bridgehead atoms. The molecule has 3 aromatic heterocycles. The third-order valence-corrected chi connectivity index (χ3v) is 4.86. The molecule has 6 heteroatoms. The fourth-order valence-corrected chi connectivity index (χ4v) is 3.54. The van der Waals surface area contributed by atoms with E-state index in [1.54, 1.807) is 6.20 Å². The smallest absolute Gasteiger partial charge is 0.255 e. The van der Waals surface area contributed by atoms with Crippen LogP contribution in [-0.2, 0) is 19.5 Å². The van der Waals surface area contributed by atoms with Crippen LogP contribution in [0.3, 0.4) is 0 Å². The molecule has 0 spiro atoms. The lowest BCUT2D eigenvalue weighted by Crippen LogP contribution is -2.36. The Labute approximate surface area is 152 Å². The fourth-order valence-electron chi connectivity index (χ4n) is 3.54. The third-order valence-electron chi connectivity index (χ3n) is 4.86. The molecule has 0 saturated heterocycles. The molecule has 0 fully saturated rings. The van der Waals surface area contributed by atoms with Crippen LogP contribution in [-0.4, -0.2) is 31.0 Å². The first-order valence-corrected chi connectivity index (χ1v) is 9.03. The number of hydrogen-bond acceptors (Lipinski definition) is 4. The monoisotopic (exact) mass is 349 g/mol. The maximum Gasteiger partial charge on any atom is 0.255 e. The summed E-state index contributed by atoms with van der Waals surface area (Å²) in [7, 11) is 0. The Kier molecular flexibility index (Phi) is 4.42. The van der Waals surface area contributed by atoms with Crippen molar-refractivity contribution in [3.63, 3.8) is 0 Å². The molecular formula is C20H23N5O. The molecule has 4 heterocycles. The van der Waals surface area contributed by atoms with Crippen molar-refractivity contribution in [2.24, 2.45) is 0 Å². The third kappa shape index (κ3) is 3.20. The minimum absolute atomic E-state index is 0.0559. The standard InChI is InChI=1S/C20H23N5O/c1-14(2)25-10-5-6-15(25)12-24-11-8-17-16(13-24)20(26)23-19(22-17)18-7-3-4-9-21-18/h3-7,9-10,14H,8,11-13H2,1-2H3,(H,22,23,26). The zero-order chi connectivity index (χ0) is 18.1. The van der Waals surface area contributed by atoms with Crippen molar-refractivity contribution in [2.45, 2.75) is 39.4 Å². The van der Waals surface area contributed by atoms with E-state index in [0.717, 1.165) is 30.8 Å². The Morgan fingerprint density at radius 3 is 2.88 bits per heavy atom. The molecular weight excluding hydrogens is 326 g/mol. The van der Waals surface area contributed by atoms with E-state index in [2.05, 4.69) is 56.6 Å². The second-order valence-electron chi connectivity index (χ2n) is 7.02. The Morgan fingerprint density at radius 1 is 1.23 bits per heavy atom. The first-order valence-electron chi connectivity index (χ1n) is 9.03. The highest BCUT2D eigenvalue weighted by Crippen LogP contribution is 2.20. The predicted molar refractivity (Wildman–Crippen MR) is 101 cm³/mol. The van der Waals surface area contributed by atoms with Crippen molar-refractivity contribution < 1.29 is 0 Å². The summed E-state index contributed by atoms with van der Waals surface area (Å²) in [6.07, 6.45) is 4.60. The molecule has 0 saturated carbocycles. The topological polar surface area (TPSA) is 66.8 Å². The van der Waals surface area contributed by atoms with Gasteiger partial charge in [-0.3, -0.25) is 14.7 Å². The van der Waals surface area contributed by atoms with Crippen LogP contribution in [0.4, 0.5) is 0 Å². The summed E-state index contributed by atoms with van der Waals surface area (Å²) in [6.45, 7) is 6.73. The predicted octanol–water partition coefficient (Wildman–Crippen LogP) is 2.77. The van der Waals surface area contributed by atoms with E-state index < -0.39 is 0 Å². The molecule has 134 valence electrons. The van der Waals surface area contributed by atoms with Crippen LogP contribution in [0.2, 0.25) is 0 Å². The summed E-state index contributed by atoms with van der Waals surface area (Å²) in [4.78, 5) is 26.8. The van der Waals surface area contributed by atoms with Crippen molar-refractivity contribution in [1.29, 1.82) is 0 Å². The van der Waals surface area contributed by atoms with Crippen molar-refractivity contribution in [1.82, 2.24) is 24.4 Å². The average Bonchev–Trinajstić information content (AvgIpc) is 3.11. The van der Waals surface area contributed by atoms with Gasteiger partial charge in [0.1, 0.15) is 5.69 Å². The number of nitrogens with one attached hydrogen (secondary N) is 1. The van der Waals surface area contributed by atoms with Crippen LogP contribution < -0.4 is 5.56 Å². The van der Waals surface area contributed by atoms with Gasteiger partial charge < -0.3 is 9.55 Å². The van der Waals surface area contributed by atoms with Crippen molar-refractivity contribution >= 4 is 0 Å². The highest BCUT2D eigenvalue weighted by Gasteiger charge is 2.22. The molecule has 26 heavy (non-hydrogen) atoms. The van der Waals surface area contributed by atoms with Crippen LogP contribution in [0.15, 0.2) is 47.5 Å². The SMILES string of the molecule is CC(C)n1cccc1CN1CCc2nc(-c3ccccn3)[nH]c(=O)c2C1. The maximum absolute atomic E-state index is 12.6. The molecule has 0 atom stereocenters. The maximum atomic E-state index is 12.6. The lowest BCUT2D eigenvalue weighted by molar-refractivity contribution is 0.234. The quantitative estimate of drug-likeness (QED) is 0.786. The lowest BCUT2D eigenvalue weighted by atomic mass is 10.1. The number of aromatic amines is 1. The summed E-state index contributed by atoms with van der Waals surface area (Å²) in [5.74, 6) is 0.552. The summed E-state index contributed by atoms with van der Waals surface area (Å²) in [6, 6.07) is 10.3. The molecule has 4 rings (SSSR count). The van der Waals surface area contributed by atoms with E-state index in [1.165, 1.54) is 5.69 Å². The summed E-state index contributed by atoms with van der Waals surface area (Å²) < 4.78 is 2.28. The van der Waals surface area contributed by atoms with Crippen LogP contribution >= 0.6 is 0 Å². The van der Waals surface area contributed by atoms with Gasteiger partial charge in [0.15, 0.2) is 5.82 Å². The number of rotatable bonds is 4. The summed E-state index contributed by atoms with van der Waals surface area (Å²) in [5, 5.41) is 0. The summed E-state index contributed by atoms with van der Waals surface area (Å²) >= 11 is 0. The number of aromatic nitrogens is 4. The lowest BCUT2D eigenvalue weighted by Gasteiger charge is -2.28. The van der Waals surface area contributed by atoms with Crippen LogP contribution in [0.25, 0.3) is 11.5 Å². The van der Waals surface area contributed by atoms with Gasteiger partial charge in [-0.2, -0.15) is 0 Å². The van der Waals surface area contributed by atoms with E-state index in [1.807, 2.05) is 18.2 Å². The molecule has 3 aromatic rings. The number of fused-ring (bicyclic) bond motifs is 1. The van der Waals surface area contributed by atoms with Crippen molar-refractivity contribution in [3.8, 4) is 11.5 Å². The van der Waals surface area contributed by atoms with Crippen LogP contribution in [0.5, 0.6) is 0 Å². The minimum Gasteiger partial charge on any atom is -0.348 e. The number of nitrogens with zero attached hydrogens (tertiary/aromatic N) is 4. The molecule has 0 aromatic carbocycles. The van der Waals surface area contributed by atoms with Gasteiger partial charge in [-0.25, -0.2) is 4.98 Å². The van der Waals surface area contributed by atoms with Gasteiger partial charge in [0.25, 0.3) is 5.56 Å². The van der Waals surface area contributed by atoms with Gasteiger partial charge in [0.05, 0.1) is 11.3 Å².